The van der Waals surface area contributed by atoms with Gasteiger partial charge in [0.05, 0.1) is 11.5 Å². The van der Waals surface area contributed by atoms with Crippen molar-refractivity contribution < 1.29 is 10.0 Å². The molecule has 1 aromatic heterocycles. The minimum absolute atomic E-state index is 0.0104. The van der Waals surface area contributed by atoms with Gasteiger partial charge in [-0.2, -0.15) is 0 Å². The van der Waals surface area contributed by atoms with Gasteiger partial charge in [-0.15, -0.1) is 0 Å². The first-order valence-corrected chi connectivity index (χ1v) is 6.40. The first-order chi connectivity index (χ1) is 9.10. The van der Waals surface area contributed by atoms with E-state index in [0.29, 0.717) is 5.03 Å². The zero-order valence-corrected chi connectivity index (χ0v) is 11.1. The Morgan fingerprint density at radius 2 is 2.05 bits per heavy atom. The third-order valence-electron chi connectivity index (χ3n) is 2.49. The van der Waals surface area contributed by atoms with Gasteiger partial charge in [-0.3, -0.25) is 10.1 Å². The number of aliphatic hydroxyl groups is 1. The summed E-state index contributed by atoms with van der Waals surface area (Å²) in [5, 5.41) is 20.3. The van der Waals surface area contributed by atoms with Gasteiger partial charge in [-0.25, -0.2) is 4.98 Å². The minimum Gasteiger partial charge on any atom is -0.392 e. The summed E-state index contributed by atoms with van der Waals surface area (Å²) in [6, 6.07) is 8.69. The second-order valence-corrected chi connectivity index (χ2v) is 5.06. The van der Waals surface area contributed by atoms with Gasteiger partial charge in [0, 0.05) is 17.2 Å². The average molecular weight is 276 g/mol. The first-order valence-electron chi connectivity index (χ1n) is 5.59. The zero-order valence-electron chi connectivity index (χ0n) is 10.2. The van der Waals surface area contributed by atoms with Crippen LogP contribution in [0.2, 0.25) is 0 Å². The molecule has 0 aliphatic heterocycles. The number of nitrogens with zero attached hydrogens (tertiary/aromatic N) is 2. The van der Waals surface area contributed by atoms with Crippen LogP contribution in [-0.2, 0) is 6.61 Å². The van der Waals surface area contributed by atoms with Gasteiger partial charge in [0.25, 0.3) is 0 Å². The van der Waals surface area contributed by atoms with Gasteiger partial charge in [0.1, 0.15) is 0 Å². The summed E-state index contributed by atoms with van der Waals surface area (Å²) < 4.78 is 0. The predicted molar refractivity (Wildman–Crippen MR) is 72.1 cm³/mol. The molecule has 2 aromatic rings. The highest BCUT2D eigenvalue weighted by Crippen LogP contribution is 2.33. The van der Waals surface area contributed by atoms with Crippen molar-refractivity contribution in [1.82, 2.24) is 4.98 Å². The minimum atomic E-state index is -0.426. The Labute approximate surface area is 114 Å². The van der Waals surface area contributed by atoms with Crippen LogP contribution in [0.3, 0.4) is 0 Å². The lowest BCUT2D eigenvalue weighted by Crippen LogP contribution is -1.94. The van der Waals surface area contributed by atoms with Crippen LogP contribution >= 0.6 is 11.8 Å². The number of aryl methyl sites for hydroxylation is 1. The van der Waals surface area contributed by atoms with Crippen LogP contribution in [-0.4, -0.2) is 15.0 Å². The number of aromatic nitrogens is 1. The maximum atomic E-state index is 11.0. The molecule has 0 saturated heterocycles. The summed E-state index contributed by atoms with van der Waals surface area (Å²) in [5.74, 6) is 0. The molecule has 5 nitrogen and oxygen atoms in total. The number of pyridine rings is 1. The third kappa shape index (κ3) is 3.30. The van der Waals surface area contributed by atoms with E-state index in [0.717, 1.165) is 16.0 Å². The van der Waals surface area contributed by atoms with E-state index in [1.165, 1.54) is 17.8 Å². The predicted octanol–water partition coefficient (Wildman–Crippen LogP) is 2.94. The molecule has 0 unspecified atom stereocenters. The second-order valence-electron chi connectivity index (χ2n) is 4.00. The van der Waals surface area contributed by atoms with Crippen molar-refractivity contribution >= 4 is 17.4 Å². The van der Waals surface area contributed by atoms with E-state index in [4.69, 9.17) is 5.11 Å². The molecule has 0 aliphatic rings. The van der Waals surface area contributed by atoms with Gasteiger partial charge in [0.15, 0.2) is 5.03 Å². The summed E-state index contributed by atoms with van der Waals surface area (Å²) in [7, 11) is 0. The summed E-state index contributed by atoms with van der Waals surface area (Å²) >= 11 is 1.24. The monoisotopic (exact) mass is 276 g/mol. The Balaban J connectivity index is 2.29. The highest BCUT2D eigenvalue weighted by Gasteiger charge is 2.16. The molecular formula is C13H12N2O3S. The molecule has 0 radical (unpaired) electrons. The summed E-state index contributed by atoms with van der Waals surface area (Å²) in [4.78, 5) is 15.5. The smallest absolute Gasteiger partial charge is 0.301 e. The molecule has 0 atom stereocenters. The SMILES string of the molecule is Cc1cnc(Sc2ccc(CO)cc2)c([N+](=O)[O-])c1. The van der Waals surface area contributed by atoms with Crippen LogP contribution in [0.4, 0.5) is 5.69 Å². The number of aliphatic hydroxyl groups excluding tert-OH is 1. The van der Waals surface area contributed by atoms with Crippen molar-refractivity contribution in [2.45, 2.75) is 23.5 Å². The van der Waals surface area contributed by atoms with Crippen LogP contribution in [0.15, 0.2) is 46.5 Å². The van der Waals surface area contributed by atoms with Crippen molar-refractivity contribution in [2.24, 2.45) is 0 Å². The number of nitro groups is 1. The fourth-order valence-corrected chi connectivity index (χ4v) is 2.36. The molecule has 0 aliphatic carbocycles. The van der Waals surface area contributed by atoms with E-state index in [-0.39, 0.29) is 12.3 Å². The first kappa shape index (κ1) is 13.5. The molecule has 0 spiro atoms. The molecule has 2 rings (SSSR count). The summed E-state index contributed by atoms with van der Waals surface area (Å²) in [6.07, 6.45) is 1.61. The highest BCUT2D eigenvalue weighted by molar-refractivity contribution is 7.99. The molecule has 0 bridgehead atoms. The lowest BCUT2D eigenvalue weighted by Gasteiger charge is -2.03. The quantitative estimate of drug-likeness (QED) is 0.686. The van der Waals surface area contributed by atoms with Crippen LogP contribution in [0, 0.1) is 17.0 Å². The molecule has 1 N–H and O–H groups in total. The fraction of sp³-hybridized carbons (Fsp3) is 0.154. The molecule has 0 saturated carbocycles. The molecule has 0 fully saturated rings. The Kier molecular flexibility index (Phi) is 4.13. The molecule has 1 heterocycles. The lowest BCUT2D eigenvalue weighted by atomic mass is 10.2. The molecule has 19 heavy (non-hydrogen) atoms. The zero-order chi connectivity index (χ0) is 13.8. The normalized spacial score (nSPS) is 10.4. The Bertz CT molecular complexity index is 599. The summed E-state index contributed by atoms with van der Waals surface area (Å²) in [5.41, 5.74) is 1.57. The molecule has 98 valence electrons. The summed E-state index contributed by atoms with van der Waals surface area (Å²) in [6.45, 7) is 1.75. The molecule has 1 aromatic carbocycles. The topological polar surface area (TPSA) is 76.3 Å². The molecular weight excluding hydrogens is 264 g/mol. The van der Waals surface area contributed by atoms with Gasteiger partial charge in [-0.05, 0) is 30.2 Å². The third-order valence-corrected chi connectivity index (χ3v) is 3.50. The van der Waals surface area contributed by atoms with E-state index in [2.05, 4.69) is 4.98 Å². The fourth-order valence-electron chi connectivity index (χ4n) is 1.53. The maximum absolute atomic E-state index is 11.0. The number of hydrogen-bond donors (Lipinski definition) is 1. The lowest BCUT2D eigenvalue weighted by molar-refractivity contribution is -0.388. The van der Waals surface area contributed by atoms with E-state index in [1.54, 1.807) is 25.3 Å². The molecule has 0 amide bonds. The Hall–Kier alpha value is -1.92. The van der Waals surface area contributed by atoms with Crippen LogP contribution < -0.4 is 0 Å². The van der Waals surface area contributed by atoms with Gasteiger partial charge < -0.3 is 5.11 Å². The Morgan fingerprint density at radius 1 is 1.37 bits per heavy atom. The second kappa shape index (κ2) is 5.81. The van der Waals surface area contributed by atoms with Crippen molar-refractivity contribution in [1.29, 1.82) is 0 Å². The molecule has 6 heteroatoms. The van der Waals surface area contributed by atoms with E-state index in [9.17, 15) is 10.1 Å². The highest BCUT2D eigenvalue weighted by atomic mass is 32.2. The Morgan fingerprint density at radius 3 is 2.63 bits per heavy atom. The number of hydrogen-bond acceptors (Lipinski definition) is 5. The van der Waals surface area contributed by atoms with Crippen LogP contribution in [0.1, 0.15) is 11.1 Å². The number of benzene rings is 1. The number of rotatable bonds is 4. The largest absolute Gasteiger partial charge is 0.392 e. The van der Waals surface area contributed by atoms with E-state index < -0.39 is 4.92 Å². The van der Waals surface area contributed by atoms with Crippen molar-refractivity contribution in [2.75, 3.05) is 0 Å². The van der Waals surface area contributed by atoms with Crippen molar-refractivity contribution in [3.8, 4) is 0 Å². The van der Waals surface area contributed by atoms with Crippen molar-refractivity contribution in [3.63, 3.8) is 0 Å². The van der Waals surface area contributed by atoms with Gasteiger partial charge in [-0.1, -0.05) is 23.9 Å². The van der Waals surface area contributed by atoms with Crippen LogP contribution in [0.5, 0.6) is 0 Å². The van der Waals surface area contributed by atoms with E-state index >= 15 is 0 Å². The van der Waals surface area contributed by atoms with E-state index in [1.807, 2.05) is 12.1 Å². The maximum Gasteiger partial charge on any atom is 0.301 e. The van der Waals surface area contributed by atoms with Crippen molar-refractivity contribution in [3.05, 3.63) is 57.8 Å². The van der Waals surface area contributed by atoms with Gasteiger partial charge in [0.2, 0.25) is 0 Å². The standard InChI is InChI=1S/C13H12N2O3S/c1-9-6-12(15(17)18)13(14-7-9)19-11-4-2-10(8-16)3-5-11/h2-7,16H,8H2,1H3. The average Bonchev–Trinajstić information content (AvgIpc) is 2.41. The van der Waals surface area contributed by atoms with Crippen LogP contribution in [0.25, 0.3) is 0 Å². The van der Waals surface area contributed by atoms with Gasteiger partial charge >= 0.3 is 5.69 Å².